The quantitative estimate of drug-likeness (QED) is 0.783. The van der Waals surface area contributed by atoms with Gasteiger partial charge in [-0.25, -0.2) is 9.37 Å². The molecule has 20 heavy (non-hydrogen) atoms. The second-order valence-corrected chi connectivity index (χ2v) is 4.76. The van der Waals surface area contributed by atoms with Crippen LogP contribution in [-0.4, -0.2) is 30.2 Å². The zero-order valence-corrected chi connectivity index (χ0v) is 11.3. The molecular weight excluding hydrogens is 252 g/mol. The monoisotopic (exact) mass is 268 g/mol. The van der Waals surface area contributed by atoms with Crippen LogP contribution < -0.4 is 4.90 Å². The summed E-state index contributed by atoms with van der Waals surface area (Å²) < 4.78 is 12.3. The van der Waals surface area contributed by atoms with Crippen molar-refractivity contribution >= 4 is 16.7 Å². The lowest BCUT2D eigenvalue weighted by atomic mass is 10.2. The van der Waals surface area contributed by atoms with E-state index < -0.39 is 0 Å². The van der Waals surface area contributed by atoms with E-state index in [-0.39, 0.29) is 6.67 Å². The first-order valence-corrected chi connectivity index (χ1v) is 6.60. The van der Waals surface area contributed by atoms with Gasteiger partial charge >= 0.3 is 0 Å². The normalized spacial score (nSPS) is 10.9. The molecule has 0 aliphatic carbocycles. The molecule has 2 aromatic carbocycles. The molecule has 1 N–H and O–H groups in total. The fraction of sp³-hybridized carbons (Fsp3) is 0.188. The van der Waals surface area contributed by atoms with Crippen molar-refractivity contribution in [2.24, 2.45) is 0 Å². The maximum Gasteiger partial charge on any atom is 0.138 e. The van der Waals surface area contributed by atoms with Crippen LogP contribution in [0.3, 0.4) is 0 Å². The number of benzene rings is 2. The molecule has 3 rings (SSSR count). The number of nitrogens with one attached hydrogen (secondary N) is 1. The molecule has 4 heteroatoms. The molecule has 0 unspecified atom stereocenters. The lowest BCUT2D eigenvalue weighted by Gasteiger charge is -2.17. The molecular formula is C16H16FN3. The number of anilines is 1. The van der Waals surface area contributed by atoms with E-state index in [1.54, 1.807) is 0 Å². The number of hydrogen-bond acceptors (Lipinski definition) is 2. The van der Waals surface area contributed by atoms with Crippen LogP contribution in [0.5, 0.6) is 0 Å². The van der Waals surface area contributed by atoms with Crippen molar-refractivity contribution in [3.63, 3.8) is 0 Å². The third-order valence-corrected chi connectivity index (χ3v) is 3.39. The fourth-order valence-corrected chi connectivity index (χ4v) is 2.22. The first-order chi connectivity index (χ1) is 9.78. The summed E-state index contributed by atoms with van der Waals surface area (Å²) in [5.41, 5.74) is 4.02. The van der Waals surface area contributed by atoms with Gasteiger partial charge in [-0.15, -0.1) is 0 Å². The lowest BCUT2D eigenvalue weighted by Crippen LogP contribution is -2.19. The summed E-state index contributed by atoms with van der Waals surface area (Å²) in [6, 6.07) is 15.9. The number of H-pyrrole nitrogens is 1. The van der Waals surface area contributed by atoms with Gasteiger partial charge in [-0.1, -0.05) is 12.1 Å². The minimum Gasteiger partial charge on any atom is -0.372 e. The minimum atomic E-state index is -0.345. The van der Waals surface area contributed by atoms with Crippen LogP contribution in [-0.2, 0) is 0 Å². The van der Waals surface area contributed by atoms with Gasteiger partial charge in [-0.3, -0.25) is 0 Å². The Balaban J connectivity index is 1.90. The molecule has 1 heterocycles. The number of hydrogen-bond donors (Lipinski definition) is 1. The molecule has 3 aromatic rings. The van der Waals surface area contributed by atoms with Gasteiger partial charge in [0.25, 0.3) is 0 Å². The predicted octanol–water partition coefficient (Wildman–Crippen LogP) is 3.64. The molecule has 3 nitrogen and oxygen atoms in total. The highest BCUT2D eigenvalue weighted by Crippen LogP contribution is 2.23. The molecule has 0 fully saturated rings. The van der Waals surface area contributed by atoms with Crippen molar-refractivity contribution < 1.29 is 4.39 Å². The van der Waals surface area contributed by atoms with Crippen LogP contribution >= 0.6 is 0 Å². The number of halogens is 1. The Morgan fingerprint density at radius 2 is 1.85 bits per heavy atom. The molecule has 0 saturated carbocycles. The van der Waals surface area contributed by atoms with Gasteiger partial charge in [0.1, 0.15) is 12.5 Å². The van der Waals surface area contributed by atoms with Gasteiger partial charge in [-0.05, 0) is 36.4 Å². The van der Waals surface area contributed by atoms with E-state index in [0.29, 0.717) is 6.54 Å². The van der Waals surface area contributed by atoms with E-state index in [4.69, 9.17) is 0 Å². The summed E-state index contributed by atoms with van der Waals surface area (Å²) in [6.45, 7) is 0.0613. The smallest absolute Gasteiger partial charge is 0.138 e. The first kappa shape index (κ1) is 12.7. The minimum absolute atomic E-state index is 0.345. The van der Waals surface area contributed by atoms with Gasteiger partial charge in [0, 0.05) is 24.8 Å². The van der Waals surface area contributed by atoms with Crippen molar-refractivity contribution in [1.82, 2.24) is 9.97 Å². The first-order valence-electron chi connectivity index (χ1n) is 6.60. The number of imidazole rings is 1. The molecule has 0 amide bonds. The van der Waals surface area contributed by atoms with Crippen molar-refractivity contribution in [3.8, 4) is 11.4 Å². The topological polar surface area (TPSA) is 31.9 Å². The number of fused-ring (bicyclic) bond motifs is 1. The van der Waals surface area contributed by atoms with Crippen LogP contribution in [0.15, 0.2) is 48.5 Å². The maximum atomic E-state index is 12.3. The van der Waals surface area contributed by atoms with Gasteiger partial charge in [0.15, 0.2) is 0 Å². The van der Waals surface area contributed by atoms with Crippen LogP contribution in [0.1, 0.15) is 0 Å². The Hall–Kier alpha value is -2.36. The summed E-state index contributed by atoms with van der Waals surface area (Å²) in [4.78, 5) is 9.76. The standard InChI is InChI=1S/C16H16FN3/c1-20(11-10-17)13-8-6-12(7-9-13)16-18-14-4-2-3-5-15(14)19-16/h2-9H,10-11H2,1H3,(H,18,19)/i17-1. The fourth-order valence-electron chi connectivity index (χ4n) is 2.22. The molecule has 0 bridgehead atoms. The van der Waals surface area contributed by atoms with Crippen LogP contribution in [0.4, 0.5) is 10.1 Å². The average molecular weight is 268 g/mol. The Bertz CT molecular complexity index is 670. The van der Waals surface area contributed by atoms with Crippen molar-refractivity contribution in [2.45, 2.75) is 0 Å². The highest BCUT2D eigenvalue weighted by atomic mass is 18.2. The Labute approximate surface area is 117 Å². The van der Waals surface area contributed by atoms with Crippen LogP contribution in [0.2, 0.25) is 0 Å². The molecule has 102 valence electrons. The largest absolute Gasteiger partial charge is 0.372 e. The van der Waals surface area contributed by atoms with E-state index in [0.717, 1.165) is 28.1 Å². The van der Waals surface area contributed by atoms with E-state index in [1.165, 1.54) is 0 Å². The summed E-state index contributed by atoms with van der Waals surface area (Å²) in [5, 5.41) is 0. The zero-order chi connectivity index (χ0) is 13.9. The molecule has 0 aliphatic heterocycles. The molecule has 0 spiro atoms. The zero-order valence-electron chi connectivity index (χ0n) is 11.3. The van der Waals surface area contributed by atoms with Crippen LogP contribution in [0.25, 0.3) is 22.4 Å². The molecule has 0 atom stereocenters. The Kier molecular flexibility index (Phi) is 3.37. The Morgan fingerprint density at radius 3 is 2.55 bits per heavy atom. The number of rotatable bonds is 4. The SMILES string of the molecule is CN(CC[18F])c1ccc(-c2nc3ccccc3[nH]2)cc1. The van der Waals surface area contributed by atoms with Crippen LogP contribution in [0, 0.1) is 0 Å². The van der Waals surface area contributed by atoms with Gasteiger partial charge in [0.2, 0.25) is 0 Å². The molecule has 0 radical (unpaired) electrons. The second kappa shape index (κ2) is 5.33. The number of nitrogens with zero attached hydrogens (tertiary/aromatic N) is 2. The van der Waals surface area contributed by atoms with E-state index in [9.17, 15) is 4.39 Å². The Morgan fingerprint density at radius 1 is 1.10 bits per heavy atom. The number of aromatic amines is 1. The number of para-hydroxylation sites is 2. The summed E-state index contributed by atoms with van der Waals surface area (Å²) >= 11 is 0. The second-order valence-electron chi connectivity index (χ2n) is 4.76. The highest BCUT2D eigenvalue weighted by molar-refractivity contribution is 5.79. The van der Waals surface area contributed by atoms with E-state index in [1.807, 2.05) is 60.5 Å². The number of alkyl halides is 1. The van der Waals surface area contributed by atoms with Gasteiger partial charge in [0.05, 0.1) is 11.0 Å². The lowest BCUT2D eigenvalue weighted by molar-refractivity contribution is 0.497. The van der Waals surface area contributed by atoms with Crippen molar-refractivity contribution in [3.05, 3.63) is 48.5 Å². The van der Waals surface area contributed by atoms with E-state index >= 15 is 0 Å². The predicted molar refractivity (Wildman–Crippen MR) is 80.8 cm³/mol. The summed E-state index contributed by atoms with van der Waals surface area (Å²) in [7, 11) is 1.88. The van der Waals surface area contributed by atoms with Crippen molar-refractivity contribution in [2.75, 3.05) is 25.2 Å². The van der Waals surface area contributed by atoms with E-state index in [2.05, 4.69) is 9.97 Å². The van der Waals surface area contributed by atoms with Crippen molar-refractivity contribution in [1.29, 1.82) is 0 Å². The average Bonchev–Trinajstić information content (AvgIpc) is 2.91. The summed E-state index contributed by atoms with van der Waals surface area (Å²) in [6.07, 6.45) is 0. The highest BCUT2D eigenvalue weighted by Gasteiger charge is 2.06. The van der Waals surface area contributed by atoms with Gasteiger partial charge in [-0.2, -0.15) is 0 Å². The summed E-state index contributed by atoms with van der Waals surface area (Å²) in [5.74, 6) is 0.853. The van der Waals surface area contributed by atoms with Gasteiger partial charge < -0.3 is 9.88 Å². The third kappa shape index (κ3) is 2.37. The molecule has 0 aliphatic rings. The molecule has 0 saturated heterocycles. The third-order valence-electron chi connectivity index (χ3n) is 3.39. The number of aromatic nitrogens is 2. The molecule has 1 aromatic heterocycles. The maximum absolute atomic E-state index is 12.3.